The normalized spacial score (nSPS) is 10.5. The summed E-state index contributed by atoms with van der Waals surface area (Å²) in [5.74, 6) is 0.0655. The molecule has 7 heteroatoms. The van der Waals surface area contributed by atoms with Crippen LogP contribution in [0, 0.1) is 13.8 Å². The summed E-state index contributed by atoms with van der Waals surface area (Å²) in [4.78, 5) is 31.5. The Hall–Kier alpha value is -3.38. The molecule has 2 aromatic heterocycles. The van der Waals surface area contributed by atoms with Crippen LogP contribution >= 0.6 is 11.6 Å². The number of halogens is 1. The number of aromatic nitrogens is 2. The van der Waals surface area contributed by atoms with E-state index < -0.39 is 5.56 Å². The van der Waals surface area contributed by atoms with Crippen molar-refractivity contribution in [2.24, 2.45) is 0 Å². The fourth-order valence-electron chi connectivity index (χ4n) is 3.01. The summed E-state index contributed by atoms with van der Waals surface area (Å²) < 4.78 is 7.27. The van der Waals surface area contributed by atoms with Crippen molar-refractivity contribution in [2.45, 2.75) is 34.3 Å². The van der Waals surface area contributed by atoms with Gasteiger partial charge in [0.2, 0.25) is 5.78 Å². The Morgan fingerprint density at radius 1 is 1.15 bits per heavy atom. The lowest BCUT2D eigenvalue weighted by atomic mass is 10.1. The van der Waals surface area contributed by atoms with Crippen LogP contribution in [0.2, 0.25) is 5.02 Å². The maximum Gasteiger partial charge on any atom is 0.277 e. The molecule has 0 radical (unpaired) electrons. The number of rotatable bonds is 7. The van der Waals surface area contributed by atoms with Crippen molar-refractivity contribution in [3.05, 3.63) is 98.8 Å². The Balaban J connectivity index is 0.00000187. The molecular formula is C26H30ClN3O3. The molecule has 3 rings (SSSR count). The molecule has 174 valence electrons. The topological polar surface area (TPSA) is 64.4 Å². The highest BCUT2D eigenvalue weighted by molar-refractivity contribution is 6.31. The molecule has 0 unspecified atom stereocenters. The smallest absolute Gasteiger partial charge is 0.277 e. The standard InChI is InChI=1S/C24H24ClN3O3.C2H6/c1-16-14-26-19(21(29)10-11-27(3)4)13-20(16)28-17(2)12-22(23(25)24(28)30)31-15-18-8-6-5-7-9-18;1-2/h5-14H,15H2,1-4H3;1-2H3/b11-10+;. The summed E-state index contributed by atoms with van der Waals surface area (Å²) >= 11 is 6.37. The van der Waals surface area contributed by atoms with Crippen molar-refractivity contribution in [1.29, 1.82) is 0 Å². The van der Waals surface area contributed by atoms with Gasteiger partial charge in [0.15, 0.2) is 0 Å². The molecule has 0 aliphatic carbocycles. The first-order valence-electron chi connectivity index (χ1n) is 10.7. The van der Waals surface area contributed by atoms with E-state index in [2.05, 4.69) is 4.98 Å². The van der Waals surface area contributed by atoms with Gasteiger partial charge in [-0.15, -0.1) is 0 Å². The van der Waals surface area contributed by atoms with Crippen LogP contribution in [0.4, 0.5) is 0 Å². The minimum atomic E-state index is -0.415. The number of aryl methyl sites for hydroxylation is 2. The maximum absolute atomic E-state index is 13.1. The Labute approximate surface area is 200 Å². The predicted molar refractivity (Wildman–Crippen MR) is 134 cm³/mol. The lowest BCUT2D eigenvalue weighted by molar-refractivity contribution is 0.104. The van der Waals surface area contributed by atoms with Gasteiger partial charge in [0.1, 0.15) is 23.1 Å². The number of allylic oxidation sites excluding steroid dienone is 1. The van der Waals surface area contributed by atoms with Crippen LogP contribution in [-0.2, 0) is 6.61 Å². The highest BCUT2D eigenvalue weighted by Gasteiger charge is 2.17. The van der Waals surface area contributed by atoms with Gasteiger partial charge in [-0.05, 0) is 31.0 Å². The van der Waals surface area contributed by atoms with E-state index >= 15 is 0 Å². The number of ether oxygens (including phenoxy) is 1. The quantitative estimate of drug-likeness (QED) is 0.345. The monoisotopic (exact) mass is 467 g/mol. The van der Waals surface area contributed by atoms with Crippen LogP contribution < -0.4 is 10.3 Å². The summed E-state index contributed by atoms with van der Waals surface area (Å²) in [6.07, 6.45) is 4.66. The van der Waals surface area contributed by atoms with E-state index in [1.54, 1.807) is 36.4 Å². The second-order valence-corrected chi connectivity index (χ2v) is 7.76. The van der Waals surface area contributed by atoms with Gasteiger partial charge in [-0.3, -0.25) is 19.1 Å². The zero-order valence-corrected chi connectivity index (χ0v) is 20.7. The first kappa shape index (κ1) is 25.9. The Bertz CT molecular complexity index is 1190. The lowest BCUT2D eigenvalue weighted by Gasteiger charge is -2.16. The van der Waals surface area contributed by atoms with Crippen LogP contribution in [0.15, 0.2) is 65.7 Å². The molecule has 0 saturated heterocycles. The van der Waals surface area contributed by atoms with E-state index in [-0.39, 0.29) is 16.5 Å². The summed E-state index contributed by atoms with van der Waals surface area (Å²) in [5, 5.41) is -0.0156. The first-order valence-corrected chi connectivity index (χ1v) is 11.1. The Kier molecular flexibility index (Phi) is 9.43. The van der Waals surface area contributed by atoms with Gasteiger partial charge in [0.05, 0.1) is 5.69 Å². The average Bonchev–Trinajstić information content (AvgIpc) is 2.82. The third-order valence-electron chi connectivity index (χ3n) is 4.63. The number of carbonyl (C=O) groups excluding carboxylic acids is 1. The van der Waals surface area contributed by atoms with Crippen LogP contribution in [0.5, 0.6) is 5.75 Å². The second kappa shape index (κ2) is 12.0. The molecule has 6 nitrogen and oxygen atoms in total. The molecule has 0 saturated carbocycles. The highest BCUT2D eigenvalue weighted by atomic mass is 35.5. The van der Waals surface area contributed by atoms with Crippen LogP contribution in [0.1, 0.15) is 41.2 Å². The fourth-order valence-corrected chi connectivity index (χ4v) is 3.21. The molecular weight excluding hydrogens is 438 g/mol. The van der Waals surface area contributed by atoms with Crippen molar-refractivity contribution >= 4 is 17.4 Å². The molecule has 33 heavy (non-hydrogen) atoms. The SMILES string of the molecule is CC.Cc1cnc(C(=O)/C=C/N(C)C)cc1-n1c(C)cc(OCc2ccccc2)c(Cl)c1=O. The van der Waals surface area contributed by atoms with E-state index in [9.17, 15) is 9.59 Å². The molecule has 1 aromatic carbocycles. The number of hydrogen-bond acceptors (Lipinski definition) is 5. The van der Waals surface area contributed by atoms with E-state index in [1.807, 2.05) is 65.2 Å². The van der Waals surface area contributed by atoms with E-state index in [0.717, 1.165) is 11.1 Å². The number of ketones is 1. The average molecular weight is 468 g/mol. The van der Waals surface area contributed by atoms with Gasteiger partial charge < -0.3 is 9.64 Å². The largest absolute Gasteiger partial charge is 0.487 e. The van der Waals surface area contributed by atoms with Gasteiger partial charge in [0, 0.05) is 44.3 Å². The summed E-state index contributed by atoms with van der Waals surface area (Å²) in [7, 11) is 3.65. The maximum atomic E-state index is 13.1. The third-order valence-corrected chi connectivity index (χ3v) is 4.98. The molecule has 0 aliphatic rings. The van der Waals surface area contributed by atoms with E-state index in [1.165, 1.54) is 10.6 Å². The van der Waals surface area contributed by atoms with Gasteiger partial charge >= 0.3 is 0 Å². The first-order chi connectivity index (χ1) is 15.8. The molecule has 0 amide bonds. The number of pyridine rings is 2. The van der Waals surface area contributed by atoms with Crippen molar-refractivity contribution < 1.29 is 9.53 Å². The molecule has 2 heterocycles. The summed E-state index contributed by atoms with van der Waals surface area (Å²) in [6, 6.07) is 13.0. The van der Waals surface area contributed by atoms with Gasteiger partial charge in [-0.2, -0.15) is 0 Å². The zero-order chi connectivity index (χ0) is 24.5. The van der Waals surface area contributed by atoms with Crippen molar-refractivity contribution in [3.8, 4) is 11.4 Å². The predicted octanol–water partition coefficient (Wildman–Crippen LogP) is 5.37. The third kappa shape index (κ3) is 6.56. The highest BCUT2D eigenvalue weighted by Crippen LogP contribution is 2.25. The van der Waals surface area contributed by atoms with Gasteiger partial charge in [-0.1, -0.05) is 55.8 Å². The van der Waals surface area contributed by atoms with E-state index in [0.29, 0.717) is 23.7 Å². The van der Waals surface area contributed by atoms with Crippen LogP contribution in [0.25, 0.3) is 5.69 Å². The number of nitrogens with zero attached hydrogens (tertiary/aromatic N) is 3. The number of hydrogen-bond donors (Lipinski definition) is 0. The molecule has 0 N–H and O–H groups in total. The van der Waals surface area contributed by atoms with Crippen molar-refractivity contribution in [3.63, 3.8) is 0 Å². The van der Waals surface area contributed by atoms with Gasteiger partial charge in [-0.25, -0.2) is 0 Å². The fraction of sp³-hybridized carbons (Fsp3) is 0.269. The van der Waals surface area contributed by atoms with Crippen molar-refractivity contribution in [1.82, 2.24) is 14.5 Å². The Morgan fingerprint density at radius 2 is 1.82 bits per heavy atom. The minimum Gasteiger partial charge on any atom is -0.487 e. The second-order valence-electron chi connectivity index (χ2n) is 7.38. The van der Waals surface area contributed by atoms with Crippen LogP contribution in [0.3, 0.4) is 0 Å². The zero-order valence-electron chi connectivity index (χ0n) is 19.9. The molecule has 0 fully saturated rings. The molecule has 0 atom stereocenters. The summed E-state index contributed by atoms with van der Waals surface area (Å²) in [5.41, 5.74) is 2.73. The molecule has 3 aromatic rings. The minimum absolute atomic E-state index is 0.0156. The molecule has 0 aliphatic heterocycles. The lowest BCUT2D eigenvalue weighted by Crippen LogP contribution is -2.23. The van der Waals surface area contributed by atoms with Crippen molar-refractivity contribution in [2.75, 3.05) is 14.1 Å². The molecule has 0 spiro atoms. The Morgan fingerprint density at radius 3 is 2.45 bits per heavy atom. The summed E-state index contributed by atoms with van der Waals surface area (Å²) in [6.45, 7) is 7.92. The number of benzene rings is 1. The van der Waals surface area contributed by atoms with Gasteiger partial charge in [0.25, 0.3) is 5.56 Å². The number of carbonyl (C=O) groups is 1. The van der Waals surface area contributed by atoms with E-state index in [4.69, 9.17) is 16.3 Å². The van der Waals surface area contributed by atoms with Crippen LogP contribution in [-0.4, -0.2) is 34.3 Å². The molecule has 0 bridgehead atoms.